The first-order valence-corrected chi connectivity index (χ1v) is 6.30. The standard InChI is InChI=1S/C15H19N3O/c1-9(2)12-8-14(16)18-15(17-12)11-5-6-13(19-4)10(3)7-11/h5-9H,1-4H3,(H2,16,17,18). The van der Waals surface area contributed by atoms with E-state index in [4.69, 9.17) is 10.5 Å². The topological polar surface area (TPSA) is 61.0 Å². The molecule has 0 unspecified atom stereocenters. The number of nitrogen functional groups attached to an aromatic ring is 1. The van der Waals surface area contributed by atoms with Crippen molar-refractivity contribution in [3.8, 4) is 17.1 Å². The Labute approximate surface area is 113 Å². The number of nitrogens with two attached hydrogens (primary N) is 1. The number of nitrogens with zero attached hydrogens (tertiary/aromatic N) is 2. The summed E-state index contributed by atoms with van der Waals surface area (Å²) < 4.78 is 5.26. The van der Waals surface area contributed by atoms with Crippen LogP contribution < -0.4 is 10.5 Å². The highest BCUT2D eigenvalue weighted by molar-refractivity contribution is 5.60. The molecule has 1 aromatic carbocycles. The second kappa shape index (κ2) is 5.26. The zero-order valence-corrected chi connectivity index (χ0v) is 11.8. The predicted octanol–water partition coefficient (Wildman–Crippen LogP) is 3.17. The maximum atomic E-state index is 5.85. The van der Waals surface area contributed by atoms with Crippen molar-refractivity contribution in [1.29, 1.82) is 0 Å². The van der Waals surface area contributed by atoms with Crippen LogP contribution in [-0.2, 0) is 0 Å². The Morgan fingerprint density at radius 1 is 1.16 bits per heavy atom. The summed E-state index contributed by atoms with van der Waals surface area (Å²) in [5.74, 6) is 2.34. The molecule has 0 aliphatic carbocycles. The lowest BCUT2D eigenvalue weighted by molar-refractivity contribution is 0.412. The molecule has 4 heteroatoms. The van der Waals surface area contributed by atoms with Gasteiger partial charge in [-0.3, -0.25) is 0 Å². The van der Waals surface area contributed by atoms with E-state index in [9.17, 15) is 0 Å². The molecule has 0 spiro atoms. The lowest BCUT2D eigenvalue weighted by Gasteiger charge is -2.10. The summed E-state index contributed by atoms with van der Waals surface area (Å²) in [6.45, 7) is 6.17. The lowest BCUT2D eigenvalue weighted by atomic mass is 10.1. The molecule has 1 aromatic heterocycles. The molecular weight excluding hydrogens is 238 g/mol. The number of hydrogen-bond acceptors (Lipinski definition) is 4. The number of aromatic nitrogens is 2. The Bertz CT molecular complexity index is 594. The summed E-state index contributed by atoms with van der Waals surface area (Å²) in [5, 5.41) is 0. The van der Waals surface area contributed by atoms with Gasteiger partial charge in [0, 0.05) is 17.3 Å². The van der Waals surface area contributed by atoms with Crippen LogP contribution in [0.5, 0.6) is 5.75 Å². The second-order valence-electron chi connectivity index (χ2n) is 4.88. The molecule has 19 heavy (non-hydrogen) atoms. The summed E-state index contributed by atoms with van der Waals surface area (Å²) in [7, 11) is 1.66. The van der Waals surface area contributed by atoms with Gasteiger partial charge in [-0.15, -0.1) is 0 Å². The van der Waals surface area contributed by atoms with E-state index >= 15 is 0 Å². The Hall–Kier alpha value is -2.10. The fourth-order valence-corrected chi connectivity index (χ4v) is 1.93. The fourth-order valence-electron chi connectivity index (χ4n) is 1.93. The number of anilines is 1. The van der Waals surface area contributed by atoms with Crippen LogP contribution in [0.1, 0.15) is 31.0 Å². The molecule has 2 rings (SSSR count). The summed E-state index contributed by atoms with van der Waals surface area (Å²) in [5.41, 5.74) is 8.81. The molecule has 100 valence electrons. The average Bonchev–Trinajstić information content (AvgIpc) is 2.37. The Balaban J connectivity index is 2.49. The van der Waals surface area contributed by atoms with Gasteiger partial charge < -0.3 is 10.5 Å². The van der Waals surface area contributed by atoms with Crippen LogP contribution in [0.15, 0.2) is 24.3 Å². The molecule has 2 aromatic rings. The van der Waals surface area contributed by atoms with E-state index in [-0.39, 0.29) is 0 Å². The SMILES string of the molecule is COc1ccc(-c2nc(N)cc(C(C)C)n2)cc1C. The van der Waals surface area contributed by atoms with Crippen molar-refractivity contribution in [1.82, 2.24) is 9.97 Å². The molecule has 0 saturated heterocycles. The van der Waals surface area contributed by atoms with Crippen LogP contribution in [0.2, 0.25) is 0 Å². The van der Waals surface area contributed by atoms with Gasteiger partial charge in [-0.05, 0) is 36.6 Å². The Kier molecular flexibility index (Phi) is 3.69. The normalized spacial score (nSPS) is 10.8. The Morgan fingerprint density at radius 2 is 1.89 bits per heavy atom. The van der Waals surface area contributed by atoms with Crippen LogP contribution in [0.3, 0.4) is 0 Å². The third-order valence-electron chi connectivity index (χ3n) is 3.01. The minimum absolute atomic E-state index is 0.323. The summed E-state index contributed by atoms with van der Waals surface area (Å²) in [4.78, 5) is 8.88. The van der Waals surface area contributed by atoms with E-state index in [1.54, 1.807) is 7.11 Å². The third-order valence-corrected chi connectivity index (χ3v) is 3.01. The molecule has 0 aliphatic heterocycles. The van der Waals surface area contributed by atoms with Gasteiger partial charge in [0.25, 0.3) is 0 Å². The van der Waals surface area contributed by atoms with E-state index in [0.717, 1.165) is 22.6 Å². The number of hydrogen-bond donors (Lipinski definition) is 1. The van der Waals surface area contributed by atoms with Gasteiger partial charge in [-0.2, -0.15) is 0 Å². The molecule has 1 heterocycles. The first-order chi connectivity index (χ1) is 9.01. The van der Waals surface area contributed by atoms with E-state index < -0.39 is 0 Å². The summed E-state index contributed by atoms with van der Waals surface area (Å²) in [6, 6.07) is 7.71. The smallest absolute Gasteiger partial charge is 0.161 e. The second-order valence-corrected chi connectivity index (χ2v) is 4.88. The van der Waals surface area contributed by atoms with Crippen LogP contribution in [0, 0.1) is 6.92 Å². The molecule has 0 radical (unpaired) electrons. The van der Waals surface area contributed by atoms with E-state index in [1.165, 1.54) is 0 Å². The fraction of sp³-hybridized carbons (Fsp3) is 0.333. The van der Waals surface area contributed by atoms with E-state index in [2.05, 4.69) is 23.8 Å². The number of ether oxygens (including phenoxy) is 1. The van der Waals surface area contributed by atoms with E-state index in [0.29, 0.717) is 17.6 Å². The van der Waals surface area contributed by atoms with Gasteiger partial charge >= 0.3 is 0 Å². The van der Waals surface area contributed by atoms with Gasteiger partial charge in [-0.25, -0.2) is 9.97 Å². The number of methoxy groups -OCH3 is 1. The van der Waals surface area contributed by atoms with Gasteiger partial charge in [0.15, 0.2) is 5.82 Å². The van der Waals surface area contributed by atoms with Crippen molar-refractivity contribution in [3.05, 3.63) is 35.5 Å². The maximum absolute atomic E-state index is 5.85. The molecule has 0 amide bonds. The minimum Gasteiger partial charge on any atom is -0.496 e. The molecule has 0 atom stereocenters. The lowest BCUT2D eigenvalue weighted by Crippen LogP contribution is -2.02. The minimum atomic E-state index is 0.323. The van der Waals surface area contributed by atoms with Crippen molar-refractivity contribution in [2.45, 2.75) is 26.7 Å². The monoisotopic (exact) mass is 257 g/mol. The van der Waals surface area contributed by atoms with Crippen LogP contribution in [0.4, 0.5) is 5.82 Å². The zero-order valence-electron chi connectivity index (χ0n) is 11.8. The highest BCUT2D eigenvalue weighted by atomic mass is 16.5. The van der Waals surface area contributed by atoms with Gasteiger partial charge in [-0.1, -0.05) is 13.8 Å². The molecule has 0 bridgehead atoms. The molecule has 4 nitrogen and oxygen atoms in total. The zero-order chi connectivity index (χ0) is 14.0. The third kappa shape index (κ3) is 2.84. The molecule has 0 aliphatic rings. The average molecular weight is 257 g/mol. The quantitative estimate of drug-likeness (QED) is 0.917. The van der Waals surface area contributed by atoms with Crippen LogP contribution >= 0.6 is 0 Å². The molecule has 0 fully saturated rings. The first-order valence-electron chi connectivity index (χ1n) is 6.30. The van der Waals surface area contributed by atoms with Crippen LogP contribution in [0.25, 0.3) is 11.4 Å². The Morgan fingerprint density at radius 3 is 2.47 bits per heavy atom. The highest BCUT2D eigenvalue weighted by Crippen LogP contribution is 2.25. The van der Waals surface area contributed by atoms with Crippen molar-refractivity contribution in [2.75, 3.05) is 12.8 Å². The summed E-state index contributed by atoms with van der Waals surface area (Å²) in [6.07, 6.45) is 0. The van der Waals surface area contributed by atoms with Gasteiger partial charge in [0.1, 0.15) is 11.6 Å². The van der Waals surface area contributed by atoms with E-state index in [1.807, 2.05) is 31.2 Å². The molecular formula is C15H19N3O. The predicted molar refractivity (Wildman–Crippen MR) is 77.3 cm³/mol. The molecule has 0 saturated carbocycles. The van der Waals surface area contributed by atoms with Crippen LogP contribution in [-0.4, -0.2) is 17.1 Å². The van der Waals surface area contributed by atoms with Crippen molar-refractivity contribution in [2.24, 2.45) is 0 Å². The number of rotatable bonds is 3. The summed E-state index contributed by atoms with van der Waals surface area (Å²) >= 11 is 0. The first kappa shape index (κ1) is 13.3. The number of benzene rings is 1. The molecule has 2 N–H and O–H groups in total. The largest absolute Gasteiger partial charge is 0.496 e. The van der Waals surface area contributed by atoms with Gasteiger partial charge in [0.05, 0.1) is 7.11 Å². The van der Waals surface area contributed by atoms with Crippen molar-refractivity contribution in [3.63, 3.8) is 0 Å². The van der Waals surface area contributed by atoms with Gasteiger partial charge in [0.2, 0.25) is 0 Å². The number of aryl methyl sites for hydroxylation is 1. The highest BCUT2D eigenvalue weighted by Gasteiger charge is 2.09. The van der Waals surface area contributed by atoms with Crippen molar-refractivity contribution < 1.29 is 4.74 Å². The van der Waals surface area contributed by atoms with Crippen molar-refractivity contribution >= 4 is 5.82 Å². The maximum Gasteiger partial charge on any atom is 0.161 e.